The van der Waals surface area contributed by atoms with Gasteiger partial charge in [-0.15, -0.1) is 0 Å². The van der Waals surface area contributed by atoms with Gasteiger partial charge in [-0.25, -0.2) is 4.79 Å². The monoisotopic (exact) mass is 255 g/mol. The molecule has 0 aromatic heterocycles. The topological polar surface area (TPSA) is 49.8 Å². The maximum Gasteiger partial charge on any atom is 0.410 e. The van der Waals surface area contributed by atoms with Gasteiger partial charge in [0.15, 0.2) is 0 Å². The number of ether oxygens (including phenoxy) is 1. The van der Waals surface area contributed by atoms with Crippen LogP contribution in [0.2, 0.25) is 0 Å². The highest BCUT2D eigenvalue weighted by Crippen LogP contribution is 2.15. The van der Waals surface area contributed by atoms with E-state index in [1.165, 1.54) is 0 Å². The van der Waals surface area contributed by atoms with Crippen LogP contribution in [0.5, 0.6) is 0 Å². The highest BCUT2D eigenvalue weighted by atomic mass is 16.6. The number of rotatable bonds is 1. The number of aliphatic hydroxyl groups excluding tert-OH is 1. The Bertz CT molecular complexity index is 294. The molecule has 0 saturated heterocycles. The number of amides is 1. The molecular weight excluding hydrogens is 230 g/mol. The molecular formula is C14H25NO3. The second-order valence-electron chi connectivity index (χ2n) is 5.80. The Labute approximate surface area is 110 Å². The molecule has 0 saturated carbocycles. The van der Waals surface area contributed by atoms with E-state index >= 15 is 0 Å². The summed E-state index contributed by atoms with van der Waals surface area (Å²) in [7, 11) is 0. The standard InChI is InChI=1S/C14H25NO3/c1-14(2,3)18-13(17)15-9-6-4-5-7-12(11-16)8-10-15/h4-5,12,16H,6-11H2,1-3H3/b5-4-/t12-/m1/s1. The van der Waals surface area contributed by atoms with Crippen LogP contribution in [0.1, 0.15) is 40.0 Å². The summed E-state index contributed by atoms with van der Waals surface area (Å²) in [5.41, 5.74) is -0.457. The summed E-state index contributed by atoms with van der Waals surface area (Å²) in [6.07, 6.45) is 6.47. The summed E-state index contributed by atoms with van der Waals surface area (Å²) in [5.74, 6) is 0.240. The van der Waals surface area contributed by atoms with Gasteiger partial charge >= 0.3 is 6.09 Å². The normalized spacial score (nSPS) is 23.8. The maximum atomic E-state index is 12.0. The molecule has 0 aromatic carbocycles. The highest BCUT2D eigenvalue weighted by Gasteiger charge is 2.22. The van der Waals surface area contributed by atoms with Crippen LogP contribution in [0.3, 0.4) is 0 Å². The second kappa shape index (κ2) is 6.78. The Kier molecular flexibility index (Phi) is 5.66. The molecule has 1 N–H and O–H groups in total. The average Bonchev–Trinajstić information content (AvgIpc) is 2.37. The number of allylic oxidation sites excluding steroid dienone is 1. The third-order valence-electron chi connectivity index (χ3n) is 2.92. The zero-order valence-corrected chi connectivity index (χ0v) is 11.7. The number of nitrogens with zero attached hydrogens (tertiary/aromatic N) is 1. The van der Waals surface area contributed by atoms with Gasteiger partial charge in [0.2, 0.25) is 0 Å². The van der Waals surface area contributed by atoms with Gasteiger partial charge < -0.3 is 14.7 Å². The summed E-state index contributed by atoms with van der Waals surface area (Å²) < 4.78 is 5.38. The third-order valence-corrected chi connectivity index (χ3v) is 2.92. The molecule has 18 heavy (non-hydrogen) atoms. The summed E-state index contributed by atoms with van der Waals surface area (Å²) in [6.45, 7) is 7.13. The van der Waals surface area contributed by atoms with Gasteiger partial charge in [0.1, 0.15) is 5.60 Å². The minimum atomic E-state index is -0.457. The van der Waals surface area contributed by atoms with Crippen molar-refractivity contribution in [2.45, 2.75) is 45.6 Å². The fraction of sp³-hybridized carbons (Fsp3) is 0.786. The van der Waals surface area contributed by atoms with E-state index in [0.717, 1.165) is 19.3 Å². The van der Waals surface area contributed by atoms with E-state index in [1.54, 1.807) is 4.90 Å². The van der Waals surface area contributed by atoms with Crippen LogP contribution < -0.4 is 0 Å². The number of carbonyl (C=O) groups is 1. The van der Waals surface area contributed by atoms with Crippen molar-refractivity contribution in [2.75, 3.05) is 19.7 Å². The maximum absolute atomic E-state index is 12.0. The van der Waals surface area contributed by atoms with Crippen LogP contribution in [0.15, 0.2) is 12.2 Å². The van der Waals surface area contributed by atoms with Crippen molar-refractivity contribution in [1.29, 1.82) is 0 Å². The van der Waals surface area contributed by atoms with Crippen molar-refractivity contribution in [1.82, 2.24) is 4.90 Å². The van der Waals surface area contributed by atoms with E-state index in [9.17, 15) is 9.90 Å². The lowest BCUT2D eigenvalue weighted by Gasteiger charge is -2.27. The van der Waals surface area contributed by atoms with E-state index in [2.05, 4.69) is 12.2 Å². The van der Waals surface area contributed by atoms with Gasteiger partial charge in [-0.05, 0) is 46.0 Å². The number of hydrogen-bond acceptors (Lipinski definition) is 3. The zero-order valence-electron chi connectivity index (χ0n) is 11.7. The molecule has 1 rings (SSSR count). The SMILES string of the molecule is CC(C)(C)OC(=O)N1CC/C=C\C[C@@H](CO)CC1. The quantitative estimate of drug-likeness (QED) is 0.733. The molecule has 1 heterocycles. The van der Waals surface area contributed by atoms with E-state index in [1.807, 2.05) is 20.8 Å². The van der Waals surface area contributed by atoms with Gasteiger partial charge in [-0.1, -0.05) is 12.2 Å². The predicted octanol–water partition coefficient (Wildman–Crippen LogP) is 2.57. The van der Waals surface area contributed by atoms with Crippen molar-refractivity contribution in [3.63, 3.8) is 0 Å². The Hall–Kier alpha value is -1.03. The molecule has 0 bridgehead atoms. The molecule has 0 aromatic rings. The fourth-order valence-corrected chi connectivity index (χ4v) is 1.88. The molecule has 104 valence electrons. The largest absolute Gasteiger partial charge is 0.444 e. The third kappa shape index (κ3) is 5.54. The lowest BCUT2D eigenvalue weighted by Crippen LogP contribution is -2.38. The summed E-state index contributed by atoms with van der Waals surface area (Å²) in [4.78, 5) is 13.7. The zero-order chi connectivity index (χ0) is 13.6. The van der Waals surface area contributed by atoms with Gasteiger partial charge in [-0.3, -0.25) is 0 Å². The molecule has 1 aliphatic heterocycles. The molecule has 4 nitrogen and oxygen atoms in total. The Morgan fingerprint density at radius 2 is 2.11 bits per heavy atom. The minimum absolute atomic E-state index is 0.173. The van der Waals surface area contributed by atoms with Crippen molar-refractivity contribution in [2.24, 2.45) is 5.92 Å². The number of carbonyl (C=O) groups excluding carboxylic acids is 1. The van der Waals surface area contributed by atoms with Crippen molar-refractivity contribution in [3.05, 3.63) is 12.2 Å². The lowest BCUT2D eigenvalue weighted by atomic mass is 10.0. The predicted molar refractivity (Wildman–Crippen MR) is 71.4 cm³/mol. The van der Waals surface area contributed by atoms with Crippen molar-refractivity contribution in [3.8, 4) is 0 Å². The van der Waals surface area contributed by atoms with E-state index in [-0.39, 0.29) is 18.6 Å². The van der Waals surface area contributed by atoms with Crippen LogP contribution in [0.25, 0.3) is 0 Å². The summed E-state index contributed by atoms with van der Waals surface area (Å²) in [5, 5.41) is 9.24. The Morgan fingerprint density at radius 3 is 2.72 bits per heavy atom. The molecule has 4 heteroatoms. The number of hydrogen-bond donors (Lipinski definition) is 1. The summed E-state index contributed by atoms with van der Waals surface area (Å²) >= 11 is 0. The minimum Gasteiger partial charge on any atom is -0.444 e. The first-order chi connectivity index (χ1) is 8.42. The van der Waals surface area contributed by atoms with Gasteiger partial charge in [0, 0.05) is 19.7 Å². The van der Waals surface area contributed by atoms with Crippen LogP contribution in [0, 0.1) is 5.92 Å². The molecule has 0 spiro atoms. The van der Waals surface area contributed by atoms with Gasteiger partial charge in [-0.2, -0.15) is 0 Å². The molecule has 1 aliphatic rings. The van der Waals surface area contributed by atoms with Crippen LogP contribution in [0.4, 0.5) is 4.79 Å². The van der Waals surface area contributed by atoms with Gasteiger partial charge in [0.25, 0.3) is 0 Å². The second-order valence-corrected chi connectivity index (χ2v) is 5.80. The van der Waals surface area contributed by atoms with Gasteiger partial charge in [0.05, 0.1) is 0 Å². The van der Waals surface area contributed by atoms with Crippen LogP contribution in [-0.2, 0) is 4.74 Å². The molecule has 0 aliphatic carbocycles. The first kappa shape index (κ1) is 15.0. The molecule has 0 unspecified atom stereocenters. The summed E-state index contributed by atoms with van der Waals surface area (Å²) in [6, 6.07) is 0. The van der Waals surface area contributed by atoms with E-state index in [0.29, 0.717) is 13.1 Å². The van der Waals surface area contributed by atoms with E-state index < -0.39 is 5.60 Å². The smallest absolute Gasteiger partial charge is 0.410 e. The molecule has 0 radical (unpaired) electrons. The Balaban J connectivity index is 2.58. The molecule has 0 fully saturated rings. The lowest BCUT2D eigenvalue weighted by molar-refractivity contribution is 0.0239. The molecule has 1 atom stereocenters. The first-order valence-corrected chi connectivity index (χ1v) is 6.66. The first-order valence-electron chi connectivity index (χ1n) is 6.66. The average molecular weight is 255 g/mol. The highest BCUT2D eigenvalue weighted by molar-refractivity contribution is 5.68. The van der Waals surface area contributed by atoms with Crippen LogP contribution >= 0.6 is 0 Å². The fourth-order valence-electron chi connectivity index (χ4n) is 1.88. The molecule has 1 amide bonds. The van der Waals surface area contributed by atoms with Crippen molar-refractivity contribution >= 4 is 6.09 Å². The van der Waals surface area contributed by atoms with Crippen molar-refractivity contribution < 1.29 is 14.6 Å². The van der Waals surface area contributed by atoms with E-state index in [4.69, 9.17) is 4.74 Å². The number of aliphatic hydroxyl groups is 1. The van der Waals surface area contributed by atoms with Crippen LogP contribution in [-0.4, -0.2) is 41.4 Å². The Morgan fingerprint density at radius 1 is 1.39 bits per heavy atom.